The average molecular weight is 371 g/mol. The lowest BCUT2D eigenvalue weighted by atomic mass is 9.87. The van der Waals surface area contributed by atoms with Crippen molar-refractivity contribution in [1.82, 2.24) is 4.98 Å². The number of nitrogens with zero attached hydrogens (tertiary/aromatic N) is 1. The maximum Gasteiger partial charge on any atom is 0.376 e. The van der Waals surface area contributed by atoms with Crippen LogP contribution in [0.4, 0.5) is 0 Å². The highest BCUT2D eigenvalue weighted by Crippen LogP contribution is 2.45. The van der Waals surface area contributed by atoms with E-state index in [1.54, 1.807) is 7.11 Å². The summed E-state index contributed by atoms with van der Waals surface area (Å²) in [7, 11) is 1.66. The largest absolute Gasteiger partial charge is 0.493 e. The molecule has 0 spiro atoms. The third-order valence-electron chi connectivity index (χ3n) is 5.63. The maximum absolute atomic E-state index is 12.5. The molecule has 3 heterocycles. The highest BCUT2D eigenvalue weighted by molar-refractivity contribution is 5.86. The van der Waals surface area contributed by atoms with Crippen LogP contribution in [0.5, 0.6) is 11.5 Å². The molecule has 1 aromatic heterocycles. The topological polar surface area (TPSA) is 70.8 Å². The number of methoxy groups -OCH3 is 1. The van der Waals surface area contributed by atoms with Crippen molar-refractivity contribution in [3.8, 4) is 11.5 Å². The molecule has 6 heteroatoms. The van der Waals surface area contributed by atoms with Gasteiger partial charge < -0.3 is 18.6 Å². The molecular formula is C21H25NO5. The number of hydrogen-bond donors (Lipinski definition) is 0. The summed E-state index contributed by atoms with van der Waals surface area (Å²) in [6.07, 6.45) is 8.33. The quantitative estimate of drug-likeness (QED) is 0.750. The minimum absolute atomic E-state index is 0.0000661. The lowest BCUT2D eigenvalue weighted by Crippen LogP contribution is -2.28. The molecule has 0 amide bonds. The normalized spacial score (nSPS) is 24.6. The third-order valence-corrected chi connectivity index (χ3v) is 5.63. The van der Waals surface area contributed by atoms with Crippen molar-refractivity contribution in [3.05, 3.63) is 41.6 Å². The first kappa shape index (κ1) is 17.9. The molecule has 2 aromatic rings. The molecule has 0 fully saturated rings. The van der Waals surface area contributed by atoms with Crippen LogP contribution in [0.2, 0.25) is 0 Å². The van der Waals surface area contributed by atoms with Crippen LogP contribution in [0.25, 0.3) is 0 Å². The van der Waals surface area contributed by atoms with Crippen molar-refractivity contribution >= 4 is 5.97 Å². The third kappa shape index (κ3) is 3.53. The Bertz CT molecular complexity index is 801. The Morgan fingerprint density at radius 1 is 1.26 bits per heavy atom. The van der Waals surface area contributed by atoms with E-state index in [0.29, 0.717) is 6.42 Å². The fraction of sp³-hybridized carbons (Fsp3) is 0.524. The molecule has 0 radical (unpaired) electrons. The second kappa shape index (κ2) is 7.62. The van der Waals surface area contributed by atoms with Crippen LogP contribution in [0, 0.1) is 0 Å². The fourth-order valence-electron chi connectivity index (χ4n) is 4.19. The van der Waals surface area contributed by atoms with Crippen LogP contribution in [0.3, 0.4) is 0 Å². The first-order valence-corrected chi connectivity index (χ1v) is 9.63. The van der Waals surface area contributed by atoms with Gasteiger partial charge in [0.2, 0.25) is 5.76 Å². The second-order valence-corrected chi connectivity index (χ2v) is 7.34. The van der Waals surface area contributed by atoms with Crippen LogP contribution < -0.4 is 9.47 Å². The molecule has 2 aliphatic rings. The summed E-state index contributed by atoms with van der Waals surface area (Å²) in [6.45, 7) is 2.10. The van der Waals surface area contributed by atoms with Gasteiger partial charge in [0.1, 0.15) is 12.2 Å². The number of aromatic nitrogens is 1. The summed E-state index contributed by atoms with van der Waals surface area (Å²) in [5.41, 5.74) is 2.36. The average Bonchev–Trinajstić information content (AvgIpc) is 3.16. The number of esters is 1. The van der Waals surface area contributed by atoms with Gasteiger partial charge in [0, 0.05) is 17.9 Å². The molecule has 4 rings (SSSR count). The predicted molar refractivity (Wildman–Crippen MR) is 98.3 cm³/mol. The Morgan fingerprint density at radius 3 is 2.93 bits per heavy atom. The number of rotatable bonds is 3. The summed E-state index contributed by atoms with van der Waals surface area (Å²) < 4.78 is 23.0. The number of carbonyl (C=O) groups is 1. The minimum Gasteiger partial charge on any atom is -0.493 e. The van der Waals surface area contributed by atoms with Gasteiger partial charge in [-0.15, -0.1) is 0 Å². The smallest absolute Gasteiger partial charge is 0.376 e. The Kier molecular flexibility index (Phi) is 5.05. The first-order valence-electron chi connectivity index (χ1n) is 9.63. The van der Waals surface area contributed by atoms with E-state index in [1.165, 1.54) is 24.6 Å². The van der Waals surface area contributed by atoms with Crippen LogP contribution in [0.1, 0.15) is 66.6 Å². The Balaban J connectivity index is 1.73. The number of benzene rings is 1. The number of aryl methyl sites for hydroxylation is 1. The van der Waals surface area contributed by atoms with Gasteiger partial charge in [-0.05, 0) is 37.3 Å². The van der Waals surface area contributed by atoms with Gasteiger partial charge >= 0.3 is 5.97 Å². The molecule has 6 nitrogen and oxygen atoms in total. The zero-order chi connectivity index (χ0) is 18.8. The van der Waals surface area contributed by atoms with Crippen molar-refractivity contribution in [2.24, 2.45) is 0 Å². The number of ether oxygens (including phenoxy) is 3. The van der Waals surface area contributed by atoms with Gasteiger partial charge in [-0.2, -0.15) is 0 Å². The molecule has 0 saturated carbocycles. The molecule has 0 aliphatic carbocycles. The maximum atomic E-state index is 12.5. The first-order chi connectivity index (χ1) is 13.2. The highest BCUT2D eigenvalue weighted by atomic mass is 16.6. The van der Waals surface area contributed by atoms with Crippen LogP contribution in [-0.4, -0.2) is 30.3 Å². The van der Waals surface area contributed by atoms with Crippen LogP contribution >= 0.6 is 0 Å². The van der Waals surface area contributed by atoms with Crippen molar-refractivity contribution in [3.63, 3.8) is 0 Å². The van der Waals surface area contributed by atoms with E-state index in [4.69, 9.17) is 18.6 Å². The zero-order valence-electron chi connectivity index (χ0n) is 15.8. The fourth-order valence-corrected chi connectivity index (χ4v) is 4.19. The molecule has 144 valence electrons. The van der Waals surface area contributed by atoms with E-state index in [1.807, 2.05) is 6.07 Å². The number of fused-ring (bicyclic) bond motifs is 1. The second-order valence-electron chi connectivity index (χ2n) is 7.34. The van der Waals surface area contributed by atoms with Gasteiger partial charge in [-0.1, -0.05) is 19.4 Å². The summed E-state index contributed by atoms with van der Waals surface area (Å²) in [5.74, 6) is 1.20. The lowest BCUT2D eigenvalue weighted by Gasteiger charge is -2.24. The van der Waals surface area contributed by atoms with Gasteiger partial charge in [0.25, 0.3) is 0 Å². The SMILES string of the molecule is COc1ccc2c3c1OC(CCCCC2)C[C@@H](OC(=O)c1cnco1)[C@@H]3C. The molecule has 3 atom stereocenters. The lowest BCUT2D eigenvalue weighted by molar-refractivity contribution is 0.0109. The predicted octanol–water partition coefficient (Wildman–Crippen LogP) is 4.28. The number of oxazole rings is 1. The van der Waals surface area contributed by atoms with Gasteiger partial charge in [-0.25, -0.2) is 9.78 Å². The van der Waals surface area contributed by atoms with Crippen molar-refractivity contribution in [2.45, 2.75) is 63.6 Å². The molecule has 4 bridgehead atoms. The van der Waals surface area contributed by atoms with Gasteiger partial charge in [-0.3, -0.25) is 0 Å². The summed E-state index contributed by atoms with van der Waals surface area (Å²) in [5, 5.41) is 0. The summed E-state index contributed by atoms with van der Waals surface area (Å²) in [6, 6.07) is 4.11. The Morgan fingerprint density at radius 2 is 2.15 bits per heavy atom. The number of carbonyl (C=O) groups excluding carboxylic acids is 1. The Labute approximate surface area is 158 Å². The minimum atomic E-state index is -0.481. The molecule has 1 unspecified atom stereocenters. The van der Waals surface area contributed by atoms with E-state index < -0.39 is 5.97 Å². The Hall–Kier alpha value is -2.50. The van der Waals surface area contributed by atoms with Gasteiger partial charge in [0.05, 0.1) is 13.3 Å². The van der Waals surface area contributed by atoms with Crippen molar-refractivity contribution in [1.29, 1.82) is 0 Å². The summed E-state index contributed by atoms with van der Waals surface area (Å²) in [4.78, 5) is 16.3. The van der Waals surface area contributed by atoms with E-state index in [-0.39, 0.29) is 23.9 Å². The van der Waals surface area contributed by atoms with Crippen molar-refractivity contribution < 1.29 is 23.4 Å². The van der Waals surface area contributed by atoms with Crippen molar-refractivity contribution in [2.75, 3.05) is 7.11 Å². The van der Waals surface area contributed by atoms with Crippen LogP contribution in [-0.2, 0) is 11.2 Å². The molecule has 0 saturated heterocycles. The highest BCUT2D eigenvalue weighted by Gasteiger charge is 2.36. The van der Waals surface area contributed by atoms with E-state index in [2.05, 4.69) is 18.0 Å². The van der Waals surface area contributed by atoms with E-state index >= 15 is 0 Å². The monoisotopic (exact) mass is 371 g/mol. The molecule has 27 heavy (non-hydrogen) atoms. The van der Waals surface area contributed by atoms with E-state index in [9.17, 15) is 4.79 Å². The molecular weight excluding hydrogens is 346 g/mol. The zero-order valence-corrected chi connectivity index (χ0v) is 15.8. The van der Waals surface area contributed by atoms with Crippen LogP contribution in [0.15, 0.2) is 29.1 Å². The molecule has 2 aliphatic heterocycles. The summed E-state index contributed by atoms with van der Waals surface area (Å²) >= 11 is 0. The van der Waals surface area contributed by atoms with E-state index in [0.717, 1.165) is 42.7 Å². The standard InChI is InChI=1S/C21H25NO5/c1-13-17(27-21(23)18-11-22-12-25-18)10-15-7-5-3-4-6-14-8-9-16(24-2)20(26-15)19(13)14/h8-9,11-13,15,17H,3-7,10H2,1-2H3/t13-,15?,17+/m0/s1. The molecule has 1 aromatic carbocycles. The number of hydrogen-bond acceptors (Lipinski definition) is 6. The molecule has 0 N–H and O–H groups in total. The van der Waals surface area contributed by atoms with Gasteiger partial charge in [0.15, 0.2) is 17.9 Å².